The molecule has 0 amide bonds. The second kappa shape index (κ2) is 3.75. The van der Waals surface area contributed by atoms with E-state index < -0.39 is 16.1 Å². The van der Waals surface area contributed by atoms with Gasteiger partial charge in [0, 0.05) is 26.9 Å². The molecule has 6 atom stereocenters. The average molecular weight is 295 g/mol. The molecule has 0 nitrogen and oxygen atoms in total. The highest BCUT2D eigenvalue weighted by Gasteiger charge is 2.69. The van der Waals surface area contributed by atoms with Crippen molar-refractivity contribution in [3.63, 3.8) is 0 Å². The Bertz CT molecular complexity index is 262. The SMILES string of the molecule is C[Si](C)(C)C1C(Cl)C1C1C(Cl)C1[Si](C)(C)C. The molecule has 0 aromatic rings. The fourth-order valence-electron chi connectivity index (χ4n) is 3.60. The van der Waals surface area contributed by atoms with Crippen LogP contribution in [0, 0.1) is 11.8 Å². The Balaban J connectivity index is 2.04. The van der Waals surface area contributed by atoms with E-state index in [1.807, 2.05) is 0 Å². The van der Waals surface area contributed by atoms with Crippen LogP contribution in [0.4, 0.5) is 0 Å². The van der Waals surface area contributed by atoms with Crippen LogP contribution in [0.1, 0.15) is 0 Å². The molecule has 0 heterocycles. The van der Waals surface area contributed by atoms with Crippen LogP contribution in [0.25, 0.3) is 0 Å². The van der Waals surface area contributed by atoms with Gasteiger partial charge in [0.2, 0.25) is 0 Å². The standard InChI is InChI=1S/C12H24Cl2Si2/c1-15(2,3)11-7(9(11)13)8-10(14)12(8)16(4,5)6/h7-12H,1-6H3. The molecule has 0 aliphatic heterocycles. The summed E-state index contributed by atoms with van der Waals surface area (Å²) in [6.45, 7) is 14.7. The van der Waals surface area contributed by atoms with Gasteiger partial charge in [-0.25, -0.2) is 0 Å². The number of hydrogen-bond donors (Lipinski definition) is 0. The van der Waals surface area contributed by atoms with Gasteiger partial charge >= 0.3 is 0 Å². The van der Waals surface area contributed by atoms with Crippen LogP contribution in [0.2, 0.25) is 50.4 Å². The third kappa shape index (κ3) is 2.15. The summed E-state index contributed by atoms with van der Waals surface area (Å²) < 4.78 is 0. The molecule has 2 saturated carbocycles. The van der Waals surface area contributed by atoms with E-state index in [2.05, 4.69) is 39.3 Å². The van der Waals surface area contributed by atoms with Crippen molar-refractivity contribution in [2.45, 2.75) is 61.1 Å². The lowest BCUT2D eigenvalue weighted by Gasteiger charge is -2.17. The normalized spacial score (nSPS) is 48.0. The van der Waals surface area contributed by atoms with Gasteiger partial charge in [-0.05, 0) is 22.9 Å². The Morgan fingerprint density at radius 3 is 1.00 bits per heavy atom. The van der Waals surface area contributed by atoms with Gasteiger partial charge < -0.3 is 0 Å². The van der Waals surface area contributed by atoms with Crippen molar-refractivity contribution in [3.05, 3.63) is 0 Å². The summed E-state index contributed by atoms with van der Waals surface area (Å²) in [5.41, 5.74) is 1.64. The van der Waals surface area contributed by atoms with Crippen LogP contribution in [-0.2, 0) is 0 Å². The molecule has 16 heavy (non-hydrogen) atoms. The van der Waals surface area contributed by atoms with Gasteiger partial charge in [0.05, 0.1) is 0 Å². The highest BCUT2D eigenvalue weighted by atomic mass is 35.5. The van der Waals surface area contributed by atoms with Gasteiger partial charge in [0.15, 0.2) is 0 Å². The van der Waals surface area contributed by atoms with Crippen LogP contribution >= 0.6 is 23.2 Å². The second-order valence-electron chi connectivity index (χ2n) is 7.83. The van der Waals surface area contributed by atoms with Crippen LogP contribution in [0.15, 0.2) is 0 Å². The first-order valence-electron chi connectivity index (χ1n) is 6.35. The maximum atomic E-state index is 6.51. The van der Waals surface area contributed by atoms with E-state index in [-0.39, 0.29) is 0 Å². The van der Waals surface area contributed by atoms with Crippen LogP contribution in [0.5, 0.6) is 0 Å². The summed E-state index contributed by atoms with van der Waals surface area (Å²) in [6, 6.07) is 0. The van der Waals surface area contributed by atoms with Crippen LogP contribution in [-0.4, -0.2) is 26.9 Å². The van der Waals surface area contributed by atoms with Crippen molar-refractivity contribution in [2.24, 2.45) is 11.8 Å². The fourth-order valence-corrected chi connectivity index (χ4v) is 12.2. The highest BCUT2D eigenvalue weighted by molar-refractivity contribution is 6.80. The van der Waals surface area contributed by atoms with Crippen molar-refractivity contribution in [1.29, 1.82) is 0 Å². The second-order valence-corrected chi connectivity index (χ2v) is 19.6. The largest absolute Gasteiger partial charge is 0.123 e. The smallest absolute Gasteiger partial charge is 0.0494 e. The van der Waals surface area contributed by atoms with E-state index in [1.165, 1.54) is 0 Å². The van der Waals surface area contributed by atoms with Crippen molar-refractivity contribution in [2.75, 3.05) is 0 Å². The highest BCUT2D eigenvalue weighted by Crippen LogP contribution is 2.71. The lowest BCUT2D eigenvalue weighted by molar-refractivity contribution is 0.709. The molecule has 0 aromatic heterocycles. The van der Waals surface area contributed by atoms with Gasteiger partial charge in [-0.2, -0.15) is 0 Å². The first-order chi connectivity index (χ1) is 7.07. The van der Waals surface area contributed by atoms with E-state index in [0.29, 0.717) is 10.8 Å². The van der Waals surface area contributed by atoms with Crippen molar-refractivity contribution < 1.29 is 0 Å². The molecule has 6 unspecified atom stereocenters. The first kappa shape index (κ1) is 13.4. The van der Waals surface area contributed by atoms with Gasteiger partial charge in [0.1, 0.15) is 0 Å². The number of hydrogen-bond acceptors (Lipinski definition) is 0. The molecule has 2 aliphatic carbocycles. The van der Waals surface area contributed by atoms with E-state index in [9.17, 15) is 0 Å². The zero-order chi connectivity index (χ0) is 12.5. The minimum absolute atomic E-state index is 0.444. The first-order valence-corrected chi connectivity index (χ1v) is 14.4. The number of rotatable bonds is 3. The Kier molecular flexibility index (Phi) is 3.15. The molecule has 0 N–H and O–H groups in total. The topological polar surface area (TPSA) is 0 Å². The maximum Gasteiger partial charge on any atom is 0.0494 e. The lowest BCUT2D eigenvalue weighted by Crippen LogP contribution is -2.23. The van der Waals surface area contributed by atoms with E-state index in [4.69, 9.17) is 23.2 Å². The summed E-state index contributed by atoms with van der Waals surface area (Å²) in [5, 5.41) is 0.888. The molecule has 0 radical (unpaired) electrons. The molecular formula is C12H24Cl2Si2. The van der Waals surface area contributed by atoms with Gasteiger partial charge in [-0.15, -0.1) is 23.2 Å². The quantitative estimate of drug-likeness (QED) is 0.514. The third-order valence-corrected chi connectivity index (χ3v) is 11.4. The number of alkyl halides is 2. The van der Waals surface area contributed by atoms with Crippen LogP contribution in [0.3, 0.4) is 0 Å². The molecule has 0 saturated heterocycles. The molecule has 0 aromatic carbocycles. The predicted octanol–water partition coefficient (Wildman–Crippen LogP) is 4.88. The molecule has 2 rings (SSSR count). The lowest BCUT2D eigenvalue weighted by atomic mass is 10.3. The summed E-state index contributed by atoms with van der Waals surface area (Å²) >= 11 is 13.0. The van der Waals surface area contributed by atoms with E-state index >= 15 is 0 Å². The third-order valence-electron chi connectivity index (χ3n) is 4.41. The molecule has 94 valence electrons. The van der Waals surface area contributed by atoms with Crippen LogP contribution < -0.4 is 0 Å². The fraction of sp³-hybridized carbons (Fsp3) is 1.00. The zero-order valence-corrected chi connectivity index (χ0v) is 14.7. The maximum absolute atomic E-state index is 6.51. The van der Waals surface area contributed by atoms with Gasteiger partial charge in [-0.3, -0.25) is 0 Å². The minimum Gasteiger partial charge on any atom is -0.123 e. The minimum atomic E-state index is -1.07. The Hall–Kier alpha value is 1.01. The molecule has 0 bridgehead atoms. The molecule has 2 aliphatic rings. The summed E-state index contributed by atoms with van der Waals surface area (Å²) in [6.07, 6.45) is 0. The van der Waals surface area contributed by atoms with E-state index in [0.717, 1.165) is 22.9 Å². The van der Waals surface area contributed by atoms with Gasteiger partial charge in [0.25, 0.3) is 0 Å². The van der Waals surface area contributed by atoms with E-state index in [1.54, 1.807) is 0 Å². The molecular weight excluding hydrogens is 271 g/mol. The Morgan fingerprint density at radius 1 is 0.625 bits per heavy atom. The predicted molar refractivity (Wildman–Crippen MR) is 80.5 cm³/mol. The Morgan fingerprint density at radius 2 is 0.875 bits per heavy atom. The zero-order valence-electron chi connectivity index (χ0n) is 11.2. The van der Waals surface area contributed by atoms with Crippen molar-refractivity contribution in [3.8, 4) is 0 Å². The Labute approximate surface area is 112 Å². The van der Waals surface area contributed by atoms with Gasteiger partial charge in [-0.1, -0.05) is 39.3 Å². The molecule has 0 spiro atoms. The monoisotopic (exact) mass is 294 g/mol. The summed E-state index contributed by atoms with van der Waals surface area (Å²) in [5.74, 6) is 1.51. The average Bonchev–Trinajstić information content (AvgIpc) is 2.83. The van der Waals surface area contributed by atoms with Crippen molar-refractivity contribution in [1.82, 2.24) is 0 Å². The molecule has 2 fully saturated rings. The number of halogens is 2. The summed E-state index contributed by atoms with van der Waals surface area (Å²) in [7, 11) is -2.13. The summed E-state index contributed by atoms with van der Waals surface area (Å²) in [4.78, 5) is 0. The van der Waals surface area contributed by atoms with Crippen molar-refractivity contribution >= 4 is 39.3 Å². The molecule has 4 heteroatoms.